The van der Waals surface area contributed by atoms with Crippen molar-refractivity contribution in [2.75, 3.05) is 6.54 Å². The van der Waals surface area contributed by atoms with Crippen LogP contribution < -0.4 is 5.32 Å². The minimum Gasteiger partial charge on any atom is -0.352 e. The molecule has 4 nitrogen and oxygen atoms in total. The minimum absolute atomic E-state index is 0.00775. The summed E-state index contributed by atoms with van der Waals surface area (Å²) < 4.78 is 1.76. The summed E-state index contributed by atoms with van der Waals surface area (Å²) in [5.74, 6) is 0.559. The van der Waals surface area contributed by atoms with Crippen LogP contribution >= 0.6 is 15.9 Å². The van der Waals surface area contributed by atoms with Crippen LogP contribution in [0.1, 0.15) is 47.4 Å². The van der Waals surface area contributed by atoms with Crippen molar-refractivity contribution >= 4 is 21.8 Å². The molecule has 1 aromatic rings. The highest BCUT2D eigenvalue weighted by molar-refractivity contribution is 9.09. The van der Waals surface area contributed by atoms with E-state index in [9.17, 15) is 4.79 Å². The van der Waals surface area contributed by atoms with E-state index in [1.165, 1.54) is 25.7 Å². The Balaban J connectivity index is 1.97. The number of aryl methyl sites for hydroxylation is 2. The number of amides is 1. The van der Waals surface area contributed by atoms with E-state index in [2.05, 4.69) is 26.3 Å². The zero-order valence-electron chi connectivity index (χ0n) is 11.9. The van der Waals surface area contributed by atoms with Crippen LogP contribution in [0.5, 0.6) is 0 Å². The average Bonchev–Trinajstić information content (AvgIpc) is 2.62. The van der Waals surface area contributed by atoms with Crippen molar-refractivity contribution < 1.29 is 4.79 Å². The third-order valence-corrected chi connectivity index (χ3v) is 5.28. The van der Waals surface area contributed by atoms with Gasteiger partial charge in [0, 0.05) is 24.1 Å². The van der Waals surface area contributed by atoms with Crippen LogP contribution in [0.4, 0.5) is 0 Å². The van der Waals surface area contributed by atoms with Crippen molar-refractivity contribution in [2.24, 2.45) is 13.0 Å². The number of carbonyl (C=O) groups excluding carboxylic acids is 1. The molecule has 0 radical (unpaired) electrons. The first-order valence-electron chi connectivity index (χ1n) is 6.93. The van der Waals surface area contributed by atoms with E-state index >= 15 is 0 Å². The summed E-state index contributed by atoms with van der Waals surface area (Å²) >= 11 is 3.73. The quantitative estimate of drug-likeness (QED) is 0.867. The Bertz CT molecular complexity index is 470. The first-order valence-corrected chi connectivity index (χ1v) is 7.84. The number of halogens is 1. The van der Waals surface area contributed by atoms with E-state index < -0.39 is 0 Å². The number of nitrogens with zero attached hydrogens (tertiary/aromatic N) is 2. The van der Waals surface area contributed by atoms with Gasteiger partial charge in [-0.3, -0.25) is 9.48 Å². The SMILES string of the molecule is Cc1nn(C)c(C)c1C(=O)NCC1CCCCC1Br. The van der Waals surface area contributed by atoms with E-state index in [-0.39, 0.29) is 5.91 Å². The monoisotopic (exact) mass is 327 g/mol. The molecule has 1 amide bonds. The molecule has 0 spiro atoms. The van der Waals surface area contributed by atoms with Gasteiger partial charge in [-0.25, -0.2) is 0 Å². The number of carbonyl (C=O) groups is 1. The molecule has 1 aliphatic carbocycles. The lowest BCUT2D eigenvalue weighted by Crippen LogP contribution is -2.35. The topological polar surface area (TPSA) is 46.9 Å². The average molecular weight is 328 g/mol. The maximum Gasteiger partial charge on any atom is 0.255 e. The highest BCUT2D eigenvalue weighted by Gasteiger charge is 2.24. The molecule has 0 aliphatic heterocycles. The Hall–Kier alpha value is -0.840. The van der Waals surface area contributed by atoms with Crippen LogP contribution in [-0.4, -0.2) is 27.1 Å². The third-order valence-electron chi connectivity index (χ3n) is 4.08. The number of hydrogen-bond acceptors (Lipinski definition) is 2. The lowest BCUT2D eigenvalue weighted by molar-refractivity contribution is 0.0943. The molecule has 2 rings (SSSR count). The van der Waals surface area contributed by atoms with Gasteiger partial charge in [0.05, 0.1) is 11.3 Å². The Morgan fingerprint density at radius 3 is 2.68 bits per heavy atom. The van der Waals surface area contributed by atoms with Crippen molar-refractivity contribution in [1.82, 2.24) is 15.1 Å². The third kappa shape index (κ3) is 3.19. The van der Waals surface area contributed by atoms with Gasteiger partial charge in [-0.05, 0) is 32.6 Å². The molecule has 1 fully saturated rings. The molecule has 2 atom stereocenters. The van der Waals surface area contributed by atoms with Crippen LogP contribution in [0.2, 0.25) is 0 Å². The van der Waals surface area contributed by atoms with Gasteiger partial charge in [-0.2, -0.15) is 5.10 Å². The molecular weight excluding hydrogens is 306 g/mol. The lowest BCUT2D eigenvalue weighted by Gasteiger charge is -2.27. The molecule has 1 saturated carbocycles. The molecule has 1 aromatic heterocycles. The summed E-state index contributed by atoms with van der Waals surface area (Å²) in [6, 6.07) is 0. The van der Waals surface area contributed by atoms with Gasteiger partial charge in [0.1, 0.15) is 0 Å². The van der Waals surface area contributed by atoms with Gasteiger partial charge in [0.2, 0.25) is 0 Å². The lowest BCUT2D eigenvalue weighted by atomic mass is 9.89. The molecule has 1 heterocycles. The largest absolute Gasteiger partial charge is 0.352 e. The van der Waals surface area contributed by atoms with Gasteiger partial charge in [0.15, 0.2) is 0 Å². The van der Waals surface area contributed by atoms with Gasteiger partial charge in [-0.15, -0.1) is 0 Å². The van der Waals surface area contributed by atoms with Crippen LogP contribution in [0.15, 0.2) is 0 Å². The molecule has 19 heavy (non-hydrogen) atoms. The Morgan fingerprint density at radius 2 is 2.11 bits per heavy atom. The Labute approximate surface area is 123 Å². The summed E-state index contributed by atoms with van der Waals surface area (Å²) in [6.45, 7) is 4.57. The second-order valence-corrected chi connectivity index (χ2v) is 6.62. The molecule has 0 saturated heterocycles. The van der Waals surface area contributed by atoms with Crippen molar-refractivity contribution in [3.63, 3.8) is 0 Å². The van der Waals surface area contributed by atoms with Crippen LogP contribution in [0, 0.1) is 19.8 Å². The highest BCUT2D eigenvalue weighted by atomic mass is 79.9. The van der Waals surface area contributed by atoms with E-state index in [1.54, 1.807) is 4.68 Å². The van der Waals surface area contributed by atoms with Gasteiger partial charge < -0.3 is 5.32 Å². The van der Waals surface area contributed by atoms with E-state index in [0.717, 1.165) is 23.5 Å². The summed E-state index contributed by atoms with van der Waals surface area (Å²) in [5.41, 5.74) is 2.45. The normalized spacial score (nSPS) is 23.4. The summed E-state index contributed by atoms with van der Waals surface area (Å²) in [5, 5.41) is 7.36. The van der Waals surface area contributed by atoms with Crippen molar-refractivity contribution in [3.8, 4) is 0 Å². The van der Waals surface area contributed by atoms with Crippen LogP contribution in [0.3, 0.4) is 0 Å². The van der Waals surface area contributed by atoms with Crippen molar-refractivity contribution in [1.29, 1.82) is 0 Å². The van der Waals surface area contributed by atoms with Crippen molar-refractivity contribution in [3.05, 3.63) is 17.0 Å². The van der Waals surface area contributed by atoms with Gasteiger partial charge in [0.25, 0.3) is 5.91 Å². The Morgan fingerprint density at radius 1 is 1.42 bits per heavy atom. The predicted octanol–water partition coefficient (Wildman–Crippen LogP) is 2.72. The maximum atomic E-state index is 12.3. The number of alkyl halides is 1. The predicted molar refractivity (Wildman–Crippen MR) is 79.7 cm³/mol. The standard InChI is InChI=1S/C14H22BrN3O/c1-9-13(10(2)18(3)17-9)14(19)16-8-11-6-4-5-7-12(11)15/h11-12H,4-8H2,1-3H3,(H,16,19). The van der Waals surface area contributed by atoms with Crippen LogP contribution in [-0.2, 0) is 7.05 Å². The number of nitrogens with one attached hydrogen (secondary N) is 1. The van der Waals surface area contributed by atoms with E-state index in [4.69, 9.17) is 0 Å². The van der Waals surface area contributed by atoms with Crippen LogP contribution in [0.25, 0.3) is 0 Å². The molecule has 2 unspecified atom stereocenters. The highest BCUT2D eigenvalue weighted by Crippen LogP contribution is 2.29. The van der Waals surface area contributed by atoms with E-state index in [1.807, 2.05) is 20.9 Å². The number of rotatable bonds is 3. The minimum atomic E-state index is 0.00775. The zero-order valence-corrected chi connectivity index (χ0v) is 13.5. The first kappa shape index (κ1) is 14.6. The molecule has 106 valence electrons. The molecule has 5 heteroatoms. The van der Waals surface area contributed by atoms with Gasteiger partial charge in [-0.1, -0.05) is 28.8 Å². The second-order valence-electron chi connectivity index (χ2n) is 5.44. The molecule has 0 bridgehead atoms. The zero-order chi connectivity index (χ0) is 14.0. The fourth-order valence-corrected chi connectivity index (χ4v) is 3.58. The van der Waals surface area contributed by atoms with E-state index in [0.29, 0.717) is 10.7 Å². The van der Waals surface area contributed by atoms with Crippen molar-refractivity contribution in [2.45, 2.75) is 44.4 Å². The fourth-order valence-electron chi connectivity index (χ4n) is 2.81. The maximum absolute atomic E-state index is 12.3. The Kier molecular flexibility index (Phi) is 4.66. The molecule has 1 N–H and O–H groups in total. The first-order chi connectivity index (χ1) is 9.00. The fraction of sp³-hybridized carbons (Fsp3) is 0.714. The smallest absolute Gasteiger partial charge is 0.255 e. The summed E-state index contributed by atoms with van der Waals surface area (Å²) in [4.78, 5) is 12.8. The summed E-state index contributed by atoms with van der Waals surface area (Å²) in [6.07, 6.45) is 4.97. The molecule has 1 aliphatic rings. The van der Waals surface area contributed by atoms with Gasteiger partial charge >= 0.3 is 0 Å². The second kappa shape index (κ2) is 6.07. The number of hydrogen-bond donors (Lipinski definition) is 1. The molecular formula is C14H22BrN3O. The number of aromatic nitrogens is 2. The summed E-state index contributed by atoms with van der Waals surface area (Å²) in [7, 11) is 1.87. The molecule has 0 aromatic carbocycles.